The van der Waals surface area contributed by atoms with E-state index in [0.29, 0.717) is 12.8 Å². The number of carbonyl (C=O) groups excluding carboxylic acids is 1. The molecule has 6 nitrogen and oxygen atoms in total. The number of carbonyl (C=O) groups is 3. The van der Waals surface area contributed by atoms with E-state index in [-0.39, 0.29) is 18.6 Å². The highest BCUT2D eigenvalue weighted by Crippen LogP contribution is 1.94. The number of carboxylic acids is 2. The van der Waals surface area contributed by atoms with Gasteiger partial charge < -0.3 is 20.1 Å². The Morgan fingerprint density at radius 2 is 1.62 bits per heavy atom. The van der Waals surface area contributed by atoms with E-state index in [9.17, 15) is 14.4 Å². The monoisotopic (exact) mass is 234 g/mol. The minimum absolute atomic E-state index is 0.0463. The first-order chi connectivity index (χ1) is 7.31. The average molecular weight is 234 g/mol. The van der Waals surface area contributed by atoms with Gasteiger partial charge in [-0.1, -0.05) is 13.3 Å². The van der Waals surface area contributed by atoms with Crippen LogP contribution in [0, 0.1) is 0 Å². The molecule has 0 heterocycles. The van der Waals surface area contributed by atoms with Crippen LogP contribution < -0.4 is 0 Å². The lowest BCUT2D eigenvalue weighted by atomic mass is 10.2. The predicted octanol–water partition coefficient (Wildman–Crippen LogP) is 0.672. The number of hydrogen-bond donors (Lipinski definition) is 3. The van der Waals surface area contributed by atoms with E-state index in [1.807, 2.05) is 6.92 Å². The molecule has 0 aliphatic heterocycles. The van der Waals surface area contributed by atoms with Crippen molar-refractivity contribution in [2.24, 2.45) is 0 Å². The van der Waals surface area contributed by atoms with E-state index in [0.717, 1.165) is 0 Å². The van der Waals surface area contributed by atoms with E-state index in [4.69, 9.17) is 15.3 Å². The molecule has 0 aromatic heterocycles. The third-order valence-corrected chi connectivity index (χ3v) is 1.54. The first-order valence-corrected chi connectivity index (χ1v) is 4.93. The van der Waals surface area contributed by atoms with E-state index in [1.54, 1.807) is 0 Å². The van der Waals surface area contributed by atoms with Gasteiger partial charge in [0.15, 0.2) is 6.10 Å². The van der Waals surface area contributed by atoms with Gasteiger partial charge in [-0.15, -0.1) is 0 Å². The minimum Gasteiger partial charge on any atom is -0.481 e. The molecular formula is C10H18O6. The maximum Gasteiger partial charge on any atom is 0.332 e. The van der Waals surface area contributed by atoms with E-state index < -0.39 is 18.0 Å². The fourth-order valence-electron chi connectivity index (χ4n) is 0.680. The molecule has 0 bridgehead atoms. The number of ketones is 1. The van der Waals surface area contributed by atoms with Crippen molar-refractivity contribution in [2.45, 2.75) is 45.6 Å². The summed E-state index contributed by atoms with van der Waals surface area (Å²) in [6.07, 6.45) is -0.0204. The molecule has 0 radical (unpaired) electrons. The molecule has 0 spiro atoms. The van der Waals surface area contributed by atoms with Gasteiger partial charge in [-0.25, -0.2) is 4.79 Å². The molecule has 0 fully saturated rings. The fourth-order valence-corrected chi connectivity index (χ4v) is 0.680. The first kappa shape index (κ1) is 17.0. The van der Waals surface area contributed by atoms with Gasteiger partial charge in [0.1, 0.15) is 5.78 Å². The topological polar surface area (TPSA) is 112 Å². The highest BCUT2D eigenvalue weighted by Gasteiger charge is 2.09. The zero-order valence-corrected chi connectivity index (χ0v) is 9.47. The Morgan fingerprint density at radius 1 is 1.12 bits per heavy atom. The number of aliphatic carboxylic acids is 2. The number of Topliss-reactive ketones (excluding diaryl/α,β-unsaturated/α-hetero) is 1. The molecule has 0 aromatic carbocycles. The van der Waals surface area contributed by atoms with Crippen LogP contribution in [-0.2, 0) is 14.4 Å². The van der Waals surface area contributed by atoms with E-state index in [1.165, 1.54) is 6.92 Å². The van der Waals surface area contributed by atoms with Crippen molar-refractivity contribution in [1.82, 2.24) is 0 Å². The Balaban J connectivity index is 0. The summed E-state index contributed by atoms with van der Waals surface area (Å²) in [4.78, 5) is 29.7. The smallest absolute Gasteiger partial charge is 0.332 e. The summed E-state index contributed by atoms with van der Waals surface area (Å²) in [5.74, 6) is -2.13. The first-order valence-electron chi connectivity index (χ1n) is 4.93. The third-order valence-electron chi connectivity index (χ3n) is 1.54. The lowest BCUT2D eigenvalue weighted by Gasteiger charge is -1.99. The summed E-state index contributed by atoms with van der Waals surface area (Å²) in [6.45, 7) is 3.20. The van der Waals surface area contributed by atoms with Crippen LogP contribution in [0.2, 0.25) is 0 Å². The summed E-state index contributed by atoms with van der Waals surface area (Å²) in [6, 6.07) is 0. The third kappa shape index (κ3) is 15.1. The predicted molar refractivity (Wildman–Crippen MR) is 56.1 cm³/mol. The SMILES string of the molecule is CC(=O)CCC(=O)O.CCCC(O)C(=O)O. The number of rotatable bonds is 6. The van der Waals surface area contributed by atoms with Crippen molar-refractivity contribution in [3.63, 3.8) is 0 Å². The molecule has 3 N–H and O–H groups in total. The van der Waals surface area contributed by atoms with Gasteiger partial charge >= 0.3 is 11.9 Å². The zero-order chi connectivity index (χ0) is 13.1. The van der Waals surface area contributed by atoms with Crippen molar-refractivity contribution in [2.75, 3.05) is 0 Å². The normalized spacial score (nSPS) is 10.9. The Bertz CT molecular complexity index is 221. The molecule has 0 saturated carbocycles. The molecule has 6 heteroatoms. The van der Waals surface area contributed by atoms with Crippen LogP contribution in [0.5, 0.6) is 0 Å². The van der Waals surface area contributed by atoms with Crippen molar-refractivity contribution in [1.29, 1.82) is 0 Å². The van der Waals surface area contributed by atoms with Gasteiger partial charge in [0.05, 0.1) is 6.42 Å². The van der Waals surface area contributed by atoms with Crippen molar-refractivity contribution < 1.29 is 29.7 Å². The largest absolute Gasteiger partial charge is 0.481 e. The Morgan fingerprint density at radius 3 is 1.75 bits per heavy atom. The number of aliphatic hydroxyl groups excluding tert-OH is 1. The maximum absolute atomic E-state index is 10.1. The van der Waals surface area contributed by atoms with Crippen molar-refractivity contribution in [3.05, 3.63) is 0 Å². The second-order valence-corrected chi connectivity index (χ2v) is 3.24. The highest BCUT2D eigenvalue weighted by atomic mass is 16.4. The molecule has 0 amide bonds. The molecule has 1 atom stereocenters. The van der Waals surface area contributed by atoms with Crippen LogP contribution in [0.3, 0.4) is 0 Å². The van der Waals surface area contributed by atoms with Gasteiger partial charge in [0, 0.05) is 6.42 Å². The van der Waals surface area contributed by atoms with Gasteiger partial charge in [0.25, 0.3) is 0 Å². The van der Waals surface area contributed by atoms with Gasteiger partial charge in [-0.05, 0) is 13.3 Å². The Kier molecular flexibility index (Phi) is 10.7. The molecular weight excluding hydrogens is 216 g/mol. The quantitative estimate of drug-likeness (QED) is 0.622. The summed E-state index contributed by atoms with van der Waals surface area (Å²) in [5.41, 5.74) is 0. The molecule has 0 rings (SSSR count). The molecule has 1 unspecified atom stereocenters. The lowest BCUT2D eigenvalue weighted by molar-refractivity contribution is -0.147. The zero-order valence-electron chi connectivity index (χ0n) is 9.47. The average Bonchev–Trinajstić information content (AvgIpc) is 2.16. The standard InChI is InChI=1S/C5H8O3.C5H10O3/c1-4(6)2-3-5(7)8;1-2-3-4(6)5(7)8/h2-3H2,1H3,(H,7,8);4,6H,2-3H2,1H3,(H,7,8). The highest BCUT2D eigenvalue weighted by molar-refractivity contribution is 5.80. The van der Waals surface area contributed by atoms with Crippen molar-refractivity contribution in [3.8, 4) is 0 Å². The Labute approximate surface area is 93.9 Å². The van der Waals surface area contributed by atoms with Crippen molar-refractivity contribution >= 4 is 17.7 Å². The Hall–Kier alpha value is -1.43. The van der Waals surface area contributed by atoms with Gasteiger partial charge in [0.2, 0.25) is 0 Å². The molecule has 0 aliphatic rings. The van der Waals surface area contributed by atoms with Gasteiger partial charge in [-0.2, -0.15) is 0 Å². The van der Waals surface area contributed by atoms with Crippen LogP contribution >= 0.6 is 0 Å². The second-order valence-electron chi connectivity index (χ2n) is 3.24. The minimum atomic E-state index is -1.17. The van der Waals surface area contributed by atoms with Crippen LogP contribution in [0.4, 0.5) is 0 Å². The van der Waals surface area contributed by atoms with Crippen LogP contribution in [0.25, 0.3) is 0 Å². The summed E-state index contributed by atoms with van der Waals surface area (Å²) in [7, 11) is 0. The molecule has 16 heavy (non-hydrogen) atoms. The molecule has 94 valence electrons. The van der Waals surface area contributed by atoms with Crippen LogP contribution in [0.15, 0.2) is 0 Å². The van der Waals surface area contributed by atoms with E-state index >= 15 is 0 Å². The lowest BCUT2D eigenvalue weighted by Crippen LogP contribution is -2.18. The molecule has 0 saturated heterocycles. The summed E-state index contributed by atoms with van der Waals surface area (Å²) < 4.78 is 0. The molecule has 0 aromatic rings. The van der Waals surface area contributed by atoms with Crippen LogP contribution in [-0.4, -0.2) is 39.1 Å². The number of hydrogen-bond acceptors (Lipinski definition) is 4. The van der Waals surface area contributed by atoms with Gasteiger partial charge in [-0.3, -0.25) is 4.79 Å². The second kappa shape index (κ2) is 10.1. The fraction of sp³-hybridized carbons (Fsp3) is 0.700. The maximum atomic E-state index is 10.1. The summed E-state index contributed by atoms with van der Waals surface area (Å²) in [5, 5.41) is 24.6. The van der Waals surface area contributed by atoms with E-state index in [2.05, 4.69) is 0 Å². The number of aliphatic hydroxyl groups is 1. The summed E-state index contributed by atoms with van der Waals surface area (Å²) >= 11 is 0. The van der Waals surface area contributed by atoms with Crippen LogP contribution in [0.1, 0.15) is 39.5 Å². The molecule has 0 aliphatic carbocycles. The number of carboxylic acid groups (broad SMARTS) is 2.